The summed E-state index contributed by atoms with van der Waals surface area (Å²) in [6, 6.07) is 2.91. The molecule has 2 N–H and O–H groups in total. The number of carboxylic acid groups (broad SMARTS) is 1. The molecule has 9 heteroatoms. The van der Waals surface area contributed by atoms with Crippen molar-refractivity contribution in [3.8, 4) is 0 Å². The number of rotatable bonds is 9. The number of methoxy groups -OCH3 is 1. The van der Waals surface area contributed by atoms with E-state index in [1.807, 2.05) is 6.92 Å². The number of hydrogen-bond donors (Lipinski definition) is 2. The zero-order valence-electron chi connectivity index (χ0n) is 14.7. The maximum Gasteiger partial charge on any atom is 0.416 e. The highest BCUT2D eigenvalue weighted by molar-refractivity contribution is 5.87. The Hall–Kier alpha value is -2.29. The number of carbonyl (C=O) groups is 2. The van der Waals surface area contributed by atoms with E-state index in [1.54, 1.807) is 0 Å². The second-order valence-corrected chi connectivity index (χ2v) is 5.60. The summed E-state index contributed by atoms with van der Waals surface area (Å²) in [7, 11) is 1.41. The van der Waals surface area contributed by atoms with Gasteiger partial charge in [0.15, 0.2) is 0 Å². The fourth-order valence-corrected chi connectivity index (χ4v) is 2.48. The van der Waals surface area contributed by atoms with Crippen LogP contribution in [0.4, 0.5) is 18.0 Å². The molecule has 0 heterocycles. The van der Waals surface area contributed by atoms with Crippen LogP contribution in [-0.4, -0.2) is 48.8 Å². The molecule has 1 aromatic carbocycles. The fraction of sp³-hybridized carbons (Fsp3) is 0.529. The van der Waals surface area contributed by atoms with Gasteiger partial charge in [-0.2, -0.15) is 13.2 Å². The topological polar surface area (TPSA) is 78.9 Å². The van der Waals surface area contributed by atoms with Crippen molar-refractivity contribution in [2.75, 3.05) is 26.8 Å². The molecule has 0 aromatic heterocycles. The minimum Gasteiger partial charge on any atom is -0.465 e. The summed E-state index contributed by atoms with van der Waals surface area (Å²) in [5, 5.41) is 11.9. The standard InChI is InChI=1S/C17H23F3N2O4/c1-3-4-10-22(16(24)25)14(15(23)21-9-11-26-2)12-7-5-6-8-13(12)17(18,19)20/h5-8,14H,3-4,9-11H2,1-2H3,(H,21,23)(H,24,25). The largest absolute Gasteiger partial charge is 0.465 e. The second kappa shape index (κ2) is 10.0. The van der Waals surface area contributed by atoms with E-state index < -0.39 is 35.3 Å². The van der Waals surface area contributed by atoms with Crippen LogP contribution >= 0.6 is 0 Å². The van der Waals surface area contributed by atoms with Crippen LogP contribution in [-0.2, 0) is 15.7 Å². The van der Waals surface area contributed by atoms with Crippen molar-refractivity contribution < 1.29 is 32.6 Å². The Morgan fingerprint density at radius 3 is 2.50 bits per heavy atom. The number of carbonyl (C=O) groups excluding carboxylic acids is 1. The molecule has 26 heavy (non-hydrogen) atoms. The summed E-state index contributed by atoms with van der Waals surface area (Å²) < 4.78 is 44.9. The third kappa shape index (κ3) is 5.91. The van der Waals surface area contributed by atoms with Crippen molar-refractivity contribution in [1.82, 2.24) is 10.2 Å². The molecule has 0 aliphatic carbocycles. The molecule has 0 bridgehead atoms. The van der Waals surface area contributed by atoms with Crippen LogP contribution in [0.15, 0.2) is 24.3 Å². The fourth-order valence-electron chi connectivity index (χ4n) is 2.48. The van der Waals surface area contributed by atoms with Crippen LogP contribution in [0.25, 0.3) is 0 Å². The third-order valence-electron chi connectivity index (χ3n) is 3.72. The molecule has 1 rings (SSSR count). The first-order valence-electron chi connectivity index (χ1n) is 8.16. The number of unbranched alkanes of at least 4 members (excludes halogenated alkanes) is 1. The molecule has 0 aliphatic heterocycles. The molecule has 1 atom stereocenters. The molecule has 0 saturated heterocycles. The first kappa shape index (κ1) is 21.8. The predicted octanol–water partition coefficient (Wildman–Crippen LogP) is 3.29. The molecule has 1 unspecified atom stereocenters. The van der Waals surface area contributed by atoms with Gasteiger partial charge in [-0.05, 0) is 18.1 Å². The molecule has 0 radical (unpaired) electrons. The van der Waals surface area contributed by atoms with Crippen LogP contribution in [0.3, 0.4) is 0 Å². The number of benzene rings is 1. The van der Waals surface area contributed by atoms with Gasteiger partial charge in [-0.3, -0.25) is 9.69 Å². The van der Waals surface area contributed by atoms with Crippen molar-refractivity contribution in [2.24, 2.45) is 0 Å². The number of hydrogen-bond acceptors (Lipinski definition) is 3. The van der Waals surface area contributed by atoms with Crippen LogP contribution in [0.5, 0.6) is 0 Å². The van der Waals surface area contributed by atoms with Gasteiger partial charge in [0, 0.05) is 20.2 Å². The smallest absolute Gasteiger partial charge is 0.416 e. The lowest BCUT2D eigenvalue weighted by molar-refractivity contribution is -0.139. The molecular formula is C17H23F3N2O4. The maximum atomic E-state index is 13.4. The highest BCUT2D eigenvalue weighted by Crippen LogP contribution is 2.36. The molecule has 0 spiro atoms. The van der Waals surface area contributed by atoms with Gasteiger partial charge in [0.1, 0.15) is 6.04 Å². The number of ether oxygens (including phenoxy) is 1. The zero-order chi connectivity index (χ0) is 19.7. The Kier molecular flexibility index (Phi) is 8.37. The molecule has 0 saturated carbocycles. The van der Waals surface area contributed by atoms with Gasteiger partial charge in [-0.15, -0.1) is 0 Å². The Balaban J connectivity index is 3.36. The van der Waals surface area contributed by atoms with Crippen molar-refractivity contribution >= 4 is 12.0 Å². The normalized spacial score (nSPS) is 12.5. The van der Waals surface area contributed by atoms with Crippen molar-refractivity contribution in [2.45, 2.75) is 32.0 Å². The molecule has 6 nitrogen and oxygen atoms in total. The van der Waals surface area contributed by atoms with Gasteiger partial charge < -0.3 is 15.2 Å². The number of halogens is 3. The lowest BCUT2D eigenvalue weighted by atomic mass is 9.97. The van der Waals surface area contributed by atoms with Crippen LogP contribution in [0.1, 0.15) is 36.9 Å². The second-order valence-electron chi connectivity index (χ2n) is 5.60. The van der Waals surface area contributed by atoms with E-state index in [2.05, 4.69) is 5.32 Å². The summed E-state index contributed by atoms with van der Waals surface area (Å²) in [6.07, 6.45) is -5.12. The summed E-state index contributed by atoms with van der Waals surface area (Å²) in [4.78, 5) is 25.0. The van der Waals surface area contributed by atoms with E-state index in [0.717, 1.165) is 17.0 Å². The van der Waals surface area contributed by atoms with Crippen LogP contribution in [0, 0.1) is 0 Å². The zero-order valence-corrected chi connectivity index (χ0v) is 14.7. The van der Waals surface area contributed by atoms with Gasteiger partial charge >= 0.3 is 12.3 Å². The van der Waals surface area contributed by atoms with Crippen LogP contribution < -0.4 is 5.32 Å². The van der Waals surface area contributed by atoms with Gasteiger partial charge in [0.2, 0.25) is 5.91 Å². The summed E-state index contributed by atoms with van der Waals surface area (Å²) in [5.74, 6) is -0.822. The van der Waals surface area contributed by atoms with E-state index in [4.69, 9.17) is 4.74 Å². The molecule has 0 aliphatic rings. The Bertz CT molecular complexity index is 608. The van der Waals surface area contributed by atoms with E-state index in [9.17, 15) is 27.9 Å². The van der Waals surface area contributed by atoms with Crippen molar-refractivity contribution in [1.29, 1.82) is 0 Å². The number of nitrogens with zero attached hydrogens (tertiary/aromatic N) is 1. The first-order valence-corrected chi connectivity index (χ1v) is 8.16. The highest BCUT2D eigenvalue weighted by atomic mass is 19.4. The summed E-state index contributed by atoms with van der Waals surface area (Å²) >= 11 is 0. The highest BCUT2D eigenvalue weighted by Gasteiger charge is 2.40. The molecular weight excluding hydrogens is 353 g/mol. The average Bonchev–Trinajstić information content (AvgIpc) is 2.57. The molecule has 146 valence electrons. The number of nitrogens with one attached hydrogen (secondary N) is 1. The predicted molar refractivity (Wildman–Crippen MR) is 88.7 cm³/mol. The Morgan fingerprint density at radius 1 is 1.31 bits per heavy atom. The number of amides is 2. The van der Waals surface area contributed by atoms with Gasteiger partial charge in [-0.1, -0.05) is 31.5 Å². The van der Waals surface area contributed by atoms with E-state index in [0.29, 0.717) is 12.8 Å². The lowest BCUT2D eigenvalue weighted by Crippen LogP contribution is -2.45. The number of alkyl halides is 3. The summed E-state index contributed by atoms with van der Waals surface area (Å²) in [5.41, 5.74) is -1.43. The average molecular weight is 376 g/mol. The Labute approximate surface area is 149 Å². The monoisotopic (exact) mass is 376 g/mol. The molecule has 2 amide bonds. The van der Waals surface area contributed by atoms with Crippen LogP contribution in [0.2, 0.25) is 0 Å². The minimum absolute atomic E-state index is 0.0552. The van der Waals surface area contributed by atoms with Gasteiger partial charge in [0.05, 0.1) is 12.2 Å². The third-order valence-corrected chi connectivity index (χ3v) is 3.72. The SMILES string of the molecule is CCCCN(C(=O)O)C(C(=O)NCCOC)c1ccccc1C(F)(F)F. The van der Waals surface area contributed by atoms with Gasteiger partial charge in [-0.25, -0.2) is 4.79 Å². The lowest BCUT2D eigenvalue weighted by Gasteiger charge is -2.30. The molecule has 1 aromatic rings. The van der Waals surface area contributed by atoms with Gasteiger partial charge in [0.25, 0.3) is 0 Å². The van der Waals surface area contributed by atoms with Crippen molar-refractivity contribution in [3.05, 3.63) is 35.4 Å². The summed E-state index contributed by atoms with van der Waals surface area (Å²) in [6.45, 7) is 1.97. The Morgan fingerprint density at radius 2 is 1.96 bits per heavy atom. The minimum atomic E-state index is -4.71. The van der Waals surface area contributed by atoms with E-state index >= 15 is 0 Å². The van der Waals surface area contributed by atoms with Crippen molar-refractivity contribution in [3.63, 3.8) is 0 Å². The first-order chi connectivity index (χ1) is 12.2. The van der Waals surface area contributed by atoms with E-state index in [1.165, 1.54) is 19.2 Å². The molecule has 0 fully saturated rings. The van der Waals surface area contributed by atoms with E-state index in [-0.39, 0.29) is 19.7 Å². The maximum absolute atomic E-state index is 13.4. The quantitative estimate of drug-likeness (QED) is 0.649.